The first-order chi connectivity index (χ1) is 20.8. The Bertz CT molecular complexity index is 1340. The normalized spacial score (nSPS) is 24.5. The number of fused-ring (bicyclic) bond motifs is 1. The average Bonchev–Trinajstić information content (AvgIpc) is 3.75. The van der Waals surface area contributed by atoms with Crippen LogP contribution in [0.4, 0.5) is 0 Å². The highest BCUT2D eigenvalue weighted by Crippen LogP contribution is 2.42. The predicted molar refractivity (Wildman–Crippen MR) is 175 cm³/mol. The molecule has 0 aromatic heterocycles. The van der Waals surface area contributed by atoms with Crippen LogP contribution in [0.15, 0.2) is 70.2 Å². The van der Waals surface area contributed by atoms with Gasteiger partial charge in [-0.15, -0.1) is 0 Å². The molecule has 3 heterocycles. The zero-order valence-corrected chi connectivity index (χ0v) is 27.6. The molecule has 4 unspecified atom stereocenters. The van der Waals surface area contributed by atoms with Crippen molar-refractivity contribution >= 4 is 11.7 Å². The fourth-order valence-corrected chi connectivity index (χ4v) is 7.02. The van der Waals surface area contributed by atoms with Gasteiger partial charge in [-0.2, -0.15) is 10.2 Å². The van der Waals surface area contributed by atoms with Gasteiger partial charge in [-0.25, -0.2) is 0 Å². The van der Waals surface area contributed by atoms with E-state index in [-0.39, 0.29) is 47.8 Å². The molecule has 7 heteroatoms. The van der Waals surface area contributed by atoms with Gasteiger partial charge in [0.1, 0.15) is 0 Å². The van der Waals surface area contributed by atoms with E-state index >= 15 is 0 Å². The second kappa shape index (κ2) is 13.2. The number of aliphatic hydroxyl groups excluding tert-OH is 1. The molecule has 3 aliphatic heterocycles. The summed E-state index contributed by atoms with van der Waals surface area (Å²) in [6.45, 7) is 16.1. The number of β-amino-alcohol motifs (C(OH)–C–C–N with tert-alkyl or cyclic N) is 1. The lowest BCUT2D eigenvalue weighted by Crippen LogP contribution is -2.47. The van der Waals surface area contributed by atoms with E-state index < -0.39 is 18.1 Å². The third-order valence-electron chi connectivity index (χ3n) is 9.82. The van der Waals surface area contributed by atoms with Crippen LogP contribution >= 0.6 is 0 Å². The van der Waals surface area contributed by atoms with Crippen LogP contribution in [-0.4, -0.2) is 58.4 Å². The van der Waals surface area contributed by atoms with Gasteiger partial charge in [0.15, 0.2) is 5.78 Å². The van der Waals surface area contributed by atoms with E-state index in [1.807, 2.05) is 6.08 Å². The highest BCUT2D eigenvalue weighted by Gasteiger charge is 2.44. The lowest BCUT2D eigenvalue weighted by molar-refractivity contribution is -0.142. The molecule has 1 aliphatic carbocycles. The number of Topliss-reactive ketones (excluding diaryl/α,β-unsaturated/α-hetero) is 1. The van der Waals surface area contributed by atoms with Crippen molar-refractivity contribution in [2.75, 3.05) is 19.6 Å². The van der Waals surface area contributed by atoms with Crippen LogP contribution in [0.5, 0.6) is 0 Å². The first-order valence-electron chi connectivity index (χ1n) is 16.6. The summed E-state index contributed by atoms with van der Waals surface area (Å²) >= 11 is 0. The molecular formula is C37H52N4O3. The maximum absolute atomic E-state index is 14.2. The van der Waals surface area contributed by atoms with Crippen LogP contribution in [-0.2, 0) is 22.6 Å². The topological polar surface area (TPSA) is 85.6 Å². The summed E-state index contributed by atoms with van der Waals surface area (Å²) in [5.74, 6) is 0.214. The van der Waals surface area contributed by atoms with Crippen molar-refractivity contribution in [1.29, 1.82) is 0 Å². The number of hydrogen-bond donors (Lipinski definition) is 1. The van der Waals surface area contributed by atoms with Gasteiger partial charge in [-0.05, 0) is 59.1 Å². The van der Waals surface area contributed by atoms with Crippen LogP contribution in [0.25, 0.3) is 0 Å². The Morgan fingerprint density at radius 2 is 1.80 bits per heavy atom. The third kappa shape index (κ3) is 7.84. The Kier molecular flexibility index (Phi) is 9.76. The molecule has 4 atom stereocenters. The lowest BCUT2D eigenvalue weighted by atomic mass is 9.74. The number of allylic oxidation sites excluding steroid dienone is 3. The molecule has 7 nitrogen and oxygen atoms in total. The van der Waals surface area contributed by atoms with Crippen LogP contribution < -0.4 is 0 Å². The van der Waals surface area contributed by atoms with E-state index in [9.17, 15) is 14.7 Å². The fraction of sp³-hybridized carbons (Fsp3) is 0.622. The van der Waals surface area contributed by atoms with Crippen molar-refractivity contribution < 1.29 is 14.7 Å². The van der Waals surface area contributed by atoms with Gasteiger partial charge < -0.3 is 10.0 Å². The molecular weight excluding hydrogens is 548 g/mol. The van der Waals surface area contributed by atoms with Gasteiger partial charge in [0.2, 0.25) is 5.91 Å². The highest BCUT2D eigenvalue weighted by atomic mass is 16.3. The molecule has 0 radical (unpaired) electrons. The Balaban J connectivity index is 1.26. The fourth-order valence-electron chi connectivity index (χ4n) is 7.02. The maximum Gasteiger partial charge on any atom is 0.231 e. The van der Waals surface area contributed by atoms with Crippen molar-refractivity contribution in [1.82, 2.24) is 9.80 Å². The Morgan fingerprint density at radius 3 is 2.48 bits per heavy atom. The minimum Gasteiger partial charge on any atom is -0.391 e. The van der Waals surface area contributed by atoms with Crippen molar-refractivity contribution in [2.24, 2.45) is 38.8 Å². The summed E-state index contributed by atoms with van der Waals surface area (Å²) in [6, 6.07) is 8.08. The molecule has 1 saturated heterocycles. The predicted octanol–water partition coefficient (Wildman–Crippen LogP) is 6.88. The lowest BCUT2D eigenvalue weighted by Gasteiger charge is -2.36. The molecule has 1 aromatic carbocycles. The number of ketones is 1. The number of nitrogens with zero attached hydrogens (tertiary/aromatic N) is 4. The van der Waals surface area contributed by atoms with Crippen molar-refractivity contribution in [3.63, 3.8) is 0 Å². The Hall–Kier alpha value is -2.90. The quantitative estimate of drug-likeness (QED) is 0.313. The van der Waals surface area contributed by atoms with Crippen LogP contribution in [0.1, 0.15) is 84.8 Å². The zero-order valence-electron chi connectivity index (χ0n) is 27.6. The van der Waals surface area contributed by atoms with Gasteiger partial charge in [0, 0.05) is 51.1 Å². The number of amides is 1. The van der Waals surface area contributed by atoms with Crippen molar-refractivity contribution in [2.45, 2.75) is 98.8 Å². The summed E-state index contributed by atoms with van der Waals surface area (Å²) in [4.78, 5) is 32.1. The minimum absolute atomic E-state index is 0.0104. The molecule has 2 fully saturated rings. The smallest absolute Gasteiger partial charge is 0.231 e. The number of carbonyl (C=O) groups is 2. The number of aliphatic hydroxyl groups is 1. The first-order valence-corrected chi connectivity index (χ1v) is 16.6. The van der Waals surface area contributed by atoms with Crippen molar-refractivity contribution in [3.05, 3.63) is 71.1 Å². The second-order valence-electron chi connectivity index (χ2n) is 15.5. The summed E-state index contributed by atoms with van der Waals surface area (Å²) in [5, 5.41) is 19.4. The largest absolute Gasteiger partial charge is 0.391 e. The number of benzene rings is 1. The summed E-state index contributed by atoms with van der Waals surface area (Å²) in [7, 11) is 0. The van der Waals surface area contributed by atoms with E-state index in [1.54, 1.807) is 11.1 Å². The molecule has 1 N–H and O–H groups in total. The van der Waals surface area contributed by atoms with Crippen LogP contribution in [0.3, 0.4) is 0 Å². The number of azo groups is 1. The third-order valence-corrected chi connectivity index (χ3v) is 9.82. The summed E-state index contributed by atoms with van der Waals surface area (Å²) in [5.41, 5.74) is 4.45. The SMILES string of the molecule is CC(C)(C)C(/C=C\CC(=O)C1CC(O)CN1C(=O)C(C1=CN=NC(C2CC2)=CC1)C(C)(C)C)CN1CCc2ccccc2C1. The molecule has 1 aromatic rings. The average molecular weight is 601 g/mol. The molecule has 4 aliphatic rings. The zero-order chi connectivity index (χ0) is 31.6. The van der Waals surface area contributed by atoms with Gasteiger partial charge in [-0.3, -0.25) is 14.5 Å². The van der Waals surface area contributed by atoms with E-state index in [0.717, 1.165) is 50.2 Å². The standard InChI is InChI=1S/C37H52N4O3/c1-36(2,3)29(23-40-19-18-25-10-7-8-11-28(25)22-40)12-9-13-33(43)32-20-30(42)24-41(32)35(44)34(37(4,5)6)27-16-17-31(26-14-15-26)39-38-21-27/h7-12,17,21,26,29-30,32,34,42H,13-16,18-20,22-24H2,1-6H3/b12-9-. The number of likely N-dealkylation sites (tertiary alicyclic amines) is 1. The highest BCUT2D eigenvalue weighted by molar-refractivity contribution is 5.92. The molecule has 1 amide bonds. The number of hydrogen-bond acceptors (Lipinski definition) is 6. The Morgan fingerprint density at radius 1 is 1.07 bits per heavy atom. The van der Waals surface area contributed by atoms with Gasteiger partial charge in [-0.1, -0.05) is 84.0 Å². The van der Waals surface area contributed by atoms with E-state index in [0.29, 0.717) is 12.3 Å². The van der Waals surface area contributed by atoms with Gasteiger partial charge >= 0.3 is 0 Å². The van der Waals surface area contributed by atoms with Gasteiger partial charge in [0.25, 0.3) is 0 Å². The van der Waals surface area contributed by atoms with E-state index in [4.69, 9.17) is 0 Å². The molecule has 1 saturated carbocycles. The molecule has 0 spiro atoms. The molecule has 238 valence electrons. The van der Waals surface area contributed by atoms with E-state index in [1.165, 1.54) is 11.1 Å². The number of rotatable bonds is 9. The van der Waals surface area contributed by atoms with Crippen LogP contribution in [0.2, 0.25) is 0 Å². The Labute approximate surface area is 264 Å². The molecule has 0 bridgehead atoms. The van der Waals surface area contributed by atoms with Crippen molar-refractivity contribution in [3.8, 4) is 0 Å². The monoisotopic (exact) mass is 600 g/mol. The van der Waals surface area contributed by atoms with Gasteiger partial charge in [0.05, 0.1) is 23.8 Å². The van der Waals surface area contributed by atoms with Crippen LogP contribution in [0, 0.1) is 28.6 Å². The summed E-state index contributed by atoms with van der Waals surface area (Å²) in [6.07, 6.45) is 11.9. The maximum atomic E-state index is 14.2. The number of carbonyl (C=O) groups excluding carboxylic acids is 2. The first kappa shape index (κ1) is 32.5. The second-order valence-corrected chi connectivity index (χ2v) is 15.5. The molecule has 44 heavy (non-hydrogen) atoms. The summed E-state index contributed by atoms with van der Waals surface area (Å²) < 4.78 is 0. The van der Waals surface area contributed by atoms with E-state index in [2.05, 4.69) is 93.1 Å². The minimum atomic E-state index is -0.703. The molecule has 5 rings (SSSR count).